The molecule has 0 radical (unpaired) electrons. The van der Waals surface area contributed by atoms with Gasteiger partial charge in [-0.25, -0.2) is 4.79 Å². The van der Waals surface area contributed by atoms with Crippen molar-refractivity contribution in [2.45, 2.75) is 76.3 Å². The number of ether oxygens (including phenoxy) is 1. The van der Waals surface area contributed by atoms with Crippen molar-refractivity contribution in [2.24, 2.45) is 0 Å². The topological polar surface area (TPSA) is 65.0 Å². The van der Waals surface area contributed by atoms with E-state index in [1.165, 1.54) is 19.3 Å². The van der Waals surface area contributed by atoms with E-state index in [1.54, 1.807) is 0 Å². The third kappa shape index (κ3) is 5.62. The number of nitrogens with zero attached hydrogens (tertiary/aromatic N) is 2. The van der Waals surface area contributed by atoms with Crippen LogP contribution in [0.25, 0.3) is 0 Å². The van der Waals surface area contributed by atoms with E-state index >= 15 is 0 Å². The number of nitrogens with one attached hydrogen (secondary N) is 1. The molecule has 1 saturated heterocycles. The Bertz CT molecular complexity index is 364. The standard InChI is InChI=1S/C17H33N3O3/c1-13-11-15(12-16(21)23-13)19(2)10-9-18-17(22)20(3)14-7-5-4-6-8-14/h13-16,21H,4-12H2,1-3H3,(H,18,22)/t13-,15+,16-/m1/s1. The Hall–Kier alpha value is -0.850. The molecule has 1 aliphatic heterocycles. The highest BCUT2D eigenvalue weighted by atomic mass is 16.6. The van der Waals surface area contributed by atoms with Gasteiger partial charge in [0.25, 0.3) is 0 Å². The summed E-state index contributed by atoms with van der Waals surface area (Å²) in [6.07, 6.45) is 6.98. The summed E-state index contributed by atoms with van der Waals surface area (Å²) in [7, 11) is 3.96. The average molecular weight is 327 g/mol. The lowest BCUT2D eigenvalue weighted by molar-refractivity contribution is -0.173. The van der Waals surface area contributed by atoms with Crippen molar-refractivity contribution in [2.75, 3.05) is 27.2 Å². The zero-order valence-electron chi connectivity index (χ0n) is 14.8. The van der Waals surface area contributed by atoms with E-state index in [0.717, 1.165) is 25.8 Å². The molecule has 2 rings (SSSR count). The summed E-state index contributed by atoms with van der Waals surface area (Å²) < 4.78 is 5.36. The average Bonchev–Trinajstić information content (AvgIpc) is 2.53. The quantitative estimate of drug-likeness (QED) is 0.808. The van der Waals surface area contributed by atoms with Gasteiger partial charge in [-0.05, 0) is 33.2 Å². The van der Waals surface area contributed by atoms with Gasteiger partial charge in [-0.15, -0.1) is 0 Å². The zero-order valence-corrected chi connectivity index (χ0v) is 14.8. The highest BCUT2D eigenvalue weighted by Gasteiger charge is 2.28. The van der Waals surface area contributed by atoms with Crippen molar-refractivity contribution >= 4 is 6.03 Å². The third-order valence-corrected chi connectivity index (χ3v) is 5.27. The summed E-state index contributed by atoms with van der Waals surface area (Å²) >= 11 is 0. The van der Waals surface area contributed by atoms with Crippen LogP contribution in [0.2, 0.25) is 0 Å². The molecule has 134 valence electrons. The highest BCUT2D eigenvalue weighted by Crippen LogP contribution is 2.22. The first kappa shape index (κ1) is 18.5. The van der Waals surface area contributed by atoms with Gasteiger partial charge in [0, 0.05) is 38.6 Å². The molecule has 0 spiro atoms. The molecule has 6 nitrogen and oxygen atoms in total. The third-order valence-electron chi connectivity index (χ3n) is 5.27. The van der Waals surface area contributed by atoms with Crippen LogP contribution in [0.4, 0.5) is 4.79 Å². The number of carbonyl (C=O) groups excluding carboxylic acids is 1. The minimum atomic E-state index is -0.668. The van der Waals surface area contributed by atoms with Crippen LogP contribution < -0.4 is 5.32 Å². The molecule has 1 aliphatic carbocycles. The molecule has 3 atom stereocenters. The number of urea groups is 1. The van der Waals surface area contributed by atoms with Crippen LogP contribution in [-0.2, 0) is 4.74 Å². The first-order valence-corrected chi connectivity index (χ1v) is 9.01. The van der Waals surface area contributed by atoms with Gasteiger partial charge in [0.05, 0.1) is 6.10 Å². The van der Waals surface area contributed by atoms with Crippen molar-refractivity contribution in [1.82, 2.24) is 15.1 Å². The molecule has 1 heterocycles. The molecule has 23 heavy (non-hydrogen) atoms. The molecule has 2 aliphatic rings. The van der Waals surface area contributed by atoms with Crippen LogP contribution in [0.3, 0.4) is 0 Å². The molecule has 1 saturated carbocycles. The zero-order chi connectivity index (χ0) is 16.8. The van der Waals surface area contributed by atoms with Gasteiger partial charge in [-0.1, -0.05) is 19.3 Å². The molecular weight excluding hydrogens is 294 g/mol. The number of aliphatic hydroxyl groups excluding tert-OH is 1. The van der Waals surface area contributed by atoms with Gasteiger partial charge in [-0.3, -0.25) is 0 Å². The first-order valence-electron chi connectivity index (χ1n) is 9.01. The largest absolute Gasteiger partial charge is 0.368 e. The molecule has 0 bridgehead atoms. The van der Waals surface area contributed by atoms with Crippen LogP contribution in [0, 0.1) is 0 Å². The second-order valence-electron chi connectivity index (χ2n) is 7.14. The van der Waals surface area contributed by atoms with Gasteiger partial charge < -0.3 is 25.0 Å². The number of aliphatic hydroxyl groups is 1. The maximum Gasteiger partial charge on any atom is 0.317 e. The summed E-state index contributed by atoms with van der Waals surface area (Å²) in [6.45, 7) is 3.41. The second kappa shape index (κ2) is 8.85. The van der Waals surface area contributed by atoms with Crippen LogP contribution in [0.5, 0.6) is 0 Å². The van der Waals surface area contributed by atoms with Crippen LogP contribution in [0.1, 0.15) is 51.9 Å². The lowest BCUT2D eigenvalue weighted by Crippen LogP contribution is -2.48. The monoisotopic (exact) mass is 327 g/mol. The van der Waals surface area contributed by atoms with E-state index in [4.69, 9.17) is 4.74 Å². The lowest BCUT2D eigenvalue weighted by Gasteiger charge is -2.37. The molecule has 0 aromatic carbocycles. The summed E-state index contributed by atoms with van der Waals surface area (Å²) in [5.74, 6) is 0. The van der Waals surface area contributed by atoms with Gasteiger partial charge in [0.2, 0.25) is 0 Å². The van der Waals surface area contributed by atoms with Crippen molar-refractivity contribution in [1.29, 1.82) is 0 Å². The van der Waals surface area contributed by atoms with E-state index in [-0.39, 0.29) is 12.1 Å². The smallest absolute Gasteiger partial charge is 0.317 e. The van der Waals surface area contributed by atoms with Gasteiger partial charge in [0.1, 0.15) is 0 Å². The Labute approximate surface area is 140 Å². The predicted octanol–water partition coefficient (Wildman–Crippen LogP) is 1.78. The van der Waals surface area contributed by atoms with Gasteiger partial charge in [-0.2, -0.15) is 0 Å². The Morgan fingerprint density at radius 3 is 2.52 bits per heavy atom. The summed E-state index contributed by atoms with van der Waals surface area (Å²) in [5.41, 5.74) is 0. The number of rotatable bonds is 5. The Morgan fingerprint density at radius 1 is 1.17 bits per heavy atom. The number of carbonyl (C=O) groups is 1. The Morgan fingerprint density at radius 2 is 1.87 bits per heavy atom. The molecule has 6 heteroatoms. The lowest BCUT2D eigenvalue weighted by atomic mass is 9.95. The van der Waals surface area contributed by atoms with E-state index in [9.17, 15) is 9.90 Å². The van der Waals surface area contributed by atoms with E-state index in [0.29, 0.717) is 25.0 Å². The molecule has 2 N–H and O–H groups in total. The van der Waals surface area contributed by atoms with Crippen LogP contribution in [-0.4, -0.2) is 72.6 Å². The number of amides is 2. The predicted molar refractivity (Wildman–Crippen MR) is 90.2 cm³/mol. The Balaban J connectivity index is 1.68. The SMILES string of the molecule is C[C@@H]1C[C@H](N(C)CCNC(=O)N(C)C2CCCCC2)C[C@H](O)O1. The number of hydrogen-bond acceptors (Lipinski definition) is 4. The van der Waals surface area contributed by atoms with E-state index < -0.39 is 6.29 Å². The fraction of sp³-hybridized carbons (Fsp3) is 0.941. The molecule has 2 fully saturated rings. The maximum atomic E-state index is 12.2. The molecule has 0 aromatic rings. The molecule has 0 aromatic heterocycles. The minimum absolute atomic E-state index is 0.0330. The van der Waals surface area contributed by atoms with Crippen molar-refractivity contribution in [3.05, 3.63) is 0 Å². The first-order chi connectivity index (χ1) is 11.0. The fourth-order valence-electron chi connectivity index (χ4n) is 3.73. The van der Waals surface area contributed by atoms with Crippen molar-refractivity contribution in [3.63, 3.8) is 0 Å². The second-order valence-corrected chi connectivity index (χ2v) is 7.14. The molecule has 0 unspecified atom stereocenters. The van der Waals surface area contributed by atoms with E-state index in [2.05, 4.69) is 10.2 Å². The number of likely N-dealkylation sites (N-methyl/N-ethyl adjacent to an activating group) is 1. The van der Waals surface area contributed by atoms with Crippen molar-refractivity contribution in [3.8, 4) is 0 Å². The fourth-order valence-corrected chi connectivity index (χ4v) is 3.73. The molecule has 2 amide bonds. The Kier molecular flexibility index (Phi) is 7.11. The number of hydrogen-bond donors (Lipinski definition) is 2. The summed E-state index contributed by atoms with van der Waals surface area (Å²) in [5, 5.41) is 12.7. The van der Waals surface area contributed by atoms with Crippen molar-refractivity contribution < 1.29 is 14.6 Å². The van der Waals surface area contributed by atoms with E-state index in [1.807, 2.05) is 25.9 Å². The highest BCUT2D eigenvalue weighted by molar-refractivity contribution is 5.74. The summed E-state index contributed by atoms with van der Waals surface area (Å²) in [6, 6.07) is 0.736. The maximum absolute atomic E-state index is 12.2. The van der Waals surface area contributed by atoms with Crippen LogP contribution >= 0.6 is 0 Å². The summed E-state index contributed by atoms with van der Waals surface area (Å²) in [4.78, 5) is 16.3. The van der Waals surface area contributed by atoms with Gasteiger partial charge >= 0.3 is 6.03 Å². The minimum Gasteiger partial charge on any atom is -0.368 e. The van der Waals surface area contributed by atoms with Crippen LogP contribution in [0.15, 0.2) is 0 Å². The van der Waals surface area contributed by atoms with Gasteiger partial charge in [0.15, 0.2) is 6.29 Å². The molecular formula is C17H33N3O3. The normalized spacial score (nSPS) is 29.5.